The van der Waals surface area contributed by atoms with Crippen LogP contribution in [0.15, 0.2) is 35.3 Å². The van der Waals surface area contributed by atoms with Crippen LogP contribution in [0.3, 0.4) is 0 Å². The number of hydrogen-bond acceptors (Lipinski definition) is 6. The number of carbonyl (C=O) groups excluding carboxylic acids is 3. The van der Waals surface area contributed by atoms with Crippen molar-refractivity contribution in [2.24, 2.45) is 28.1 Å². The van der Waals surface area contributed by atoms with Crippen LogP contribution in [-0.4, -0.2) is 66.0 Å². The molecule has 1 aromatic carbocycles. The summed E-state index contributed by atoms with van der Waals surface area (Å²) in [6, 6.07) is 6.41. The van der Waals surface area contributed by atoms with Crippen LogP contribution < -0.4 is 33.2 Å². The first-order chi connectivity index (χ1) is 16.5. The van der Waals surface area contributed by atoms with E-state index in [1.54, 1.807) is 6.92 Å². The third-order valence-electron chi connectivity index (χ3n) is 5.42. The van der Waals surface area contributed by atoms with Crippen molar-refractivity contribution >= 4 is 29.7 Å². The second-order valence-electron chi connectivity index (χ2n) is 8.29. The molecule has 35 heavy (non-hydrogen) atoms. The molecule has 0 aliphatic carbocycles. The van der Waals surface area contributed by atoms with E-state index in [9.17, 15) is 19.2 Å². The molecule has 3 amide bonds. The van der Waals surface area contributed by atoms with Crippen LogP contribution in [0.2, 0.25) is 0 Å². The zero-order valence-electron chi connectivity index (χ0n) is 20.2. The van der Waals surface area contributed by atoms with E-state index in [2.05, 4.69) is 20.9 Å². The number of nitrogens with one attached hydrogen (secondary N) is 3. The highest BCUT2D eigenvalue weighted by atomic mass is 16.4. The van der Waals surface area contributed by atoms with E-state index >= 15 is 0 Å². The van der Waals surface area contributed by atoms with Crippen molar-refractivity contribution in [3.8, 4) is 0 Å². The van der Waals surface area contributed by atoms with Gasteiger partial charge in [0.15, 0.2) is 5.96 Å². The summed E-state index contributed by atoms with van der Waals surface area (Å²) in [4.78, 5) is 53.1. The van der Waals surface area contributed by atoms with Crippen molar-refractivity contribution in [3.05, 3.63) is 35.9 Å². The van der Waals surface area contributed by atoms with E-state index in [1.165, 1.54) is 0 Å². The summed E-state index contributed by atoms with van der Waals surface area (Å²) in [5, 5.41) is 16.4. The minimum atomic E-state index is -1.22. The van der Waals surface area contributed by atoms with E-state index in [0.717, 1.165) is 5.56 Å². The molecule has 0 aliphatic heterocycles. The average Bonchev–Trinajstić information content (AvgIpc) is 2.82. The Kier molecular flexibility index (Phi) is 12.8. The van der Waals surface area contributed by atoms with Crippen LogP contribution in [0.1, 0.15) is 38.7 Å². The molecule has 0 spiro atoms. The number of carboxylic acid groups (broad SMARTS) is 1. The van der Waals surface area contributed by atoms with E-state index in [4.69, 9.17) is 22.3 Å². The van der Waals surface area contributed by atoms with Crippen molar-refractivity contribution in [2.45, 2.75) is 57.7 Å². The lowest BCUT2D eigenvalue weighted by Crippen LogP contribution is -2.58. The Morgan fingerprint density at radius 2 is 1.69 bits per heavy atom. The molecule has 0 aliphatic rings. The van der Waals surface area contributed by atoms with Crippen molar-refractivity contribution < 1.29 is 24.3 Å². The van der Waals surface area contributed by atoms with Crippen LogP contribution in [0, 0.1) is 5.92 Å². The quantitative estimate of drug-likeness (QED) is 0.0898. The van der Waals surface area contributed by atoms with Crippen molar-refractivity contribution in [1.29, 1.82) is 0 Å². The topological polar surface area (TPSA) is 215 Å². The highest BCUT2D eigenvalue weighted by Gasteiger charge is 2.31. The van der Waals surface area contributed by atoms with Gasteiger partial charge < -0.3 is 38.3 Å². The molecule has 0 saturated heterocycles. The zero-order valence-corrected chi connectivity index (χ0v) is 20.2. The molecule has 0 aromatic heterocycles. The molecule has 4 atom stereocenters. The zero-order chi connectivity index (χ0) is 26.4. The number of nitrogens with two attached hydrogens (primary N) is 3. The highest BCUT2D eigenvalue weighted by Crippen LogP contribution is 2.11. The fourth-order valence-electron chi connectivity index (χ4n) is 3.24. The molecule has 1 rings (SSSR count). The lowest BCUT2D eigenvalue weighted by molar-refractivity contribution is -0.138. The Bertz CT molecular complexity index is 874. The van der Waals surface area contributed by atoms with Crippen LogP contribution in [0.25, 0.3) is 0 Å². The standard InChI is InChI=1S/C23H37N7O5/c1-3-14(2)19(30-20(33)16(24)12-15-8-5-4-6-9-15)22(35)29-17(10-7-11-27-23(25)26)21(34)28-13-18(31)32/h4-6,8-9,14,16-17,19H,3,7,10-13,24H2,1-2H3,(H,28,34)(H,29,35)(H,30,33)(H,31,32)(H4,25,26,27). The number of carbonyl (C=O) groups is 4. The molecular weight excluding hydrogens is 454 g/mol. The van der Waals surface area contributed by atoms with E-state index in [1.807, 2.05) is 37.3 Å². The molecule has 0 bridgehead atoms. The van der Waals surface area contributed by atoms with Gasteiger partial charge in [0.05, 0.1) is 6.04 Å². The Morgan fingerprint density at radius 1 is 1.03 bits per heavy atom. The summed E-state index contributed by atoms with van der Waals surface area (Å²) >= 11 is 0. The minimum absolute atomic E-state index is 0.104. The number of carboxylic acids is 1. The normalized spacial score (nSPS) is 14.0. The molecule has 0 heterocycles. The number of rotatable bonds is 15. The maximum Gasteiger partial charge on any atom is 0.322 e. The lowest BCUT2D eigenvalue weighted by Gasteiger charge is -2.27. The molecule has 1 aromatic rings. The van der Waals surface area contributed by atoms with Gasteiger partial charge in [-0.25, -0.2) is 0 Å². The van der Waals surface area contributed by atoms with Crippen LogP contribution >= 0.6 is 0 Å². The maximum absolute atomic E-state index is 13.1. The molecule has 10 N–H and O–H groups in total. The summed E-state index contributed by atoms with van der Waals surface area (Å²) in [5.41, 5.74) is 17.6. The largest absolute Gasteiger partial charge is 0.480 e. The fourth-order valence-corrected chi connectivity index (χ4v) is 3.24. The van der Waals surface area contributed by atoms with Crippen LogP contribution in [-0.2, 0) is 25.6 Å². The molecule has 12 nitrogen and oxygen atoms in total. The summed E-state index contributed by atoms with van der Waals surface area (Å²) in [6.45, 7) is 3.29. The third-order valence-corrected chi connectivity index (χ3v) is 5.42. The van der Waals surface area contributed by atoms with Gasteiger partial charge in [0.25, 0.3) is 0 Å². The van der Waals surface area contributed by atoms with Crippen molar-refractivity contribution in [3.63, 3.8) is 0 Å². The third kappa shape index (κ3) is 11.3. The Morgan fingerprint density at radius 3 is 2.26 bits per heavy atom. The summed E-state index contributed by atoms with van der Waals surface area (Å²) in [7, 11) is 0. The first-order valence-corrected chi connectivity index (χ1v) is 11.5. The Balaban J connectivity index is 2.90. The fraction of sp³-hybridized carbons (Fsp3) is 0.522. The molecule has 0 radical (unpaired) electrons. The number of hydrogen-bond donors (Lipinski definition) is 7. The second kappa shape index (κ2) is 15.3. The number of amides is 3. The van der Waals surface area contributed by atoms with Gasteiger partial charge in [-0.1, -0.05) is 50.6 Å². The molecule has 4 unspecified atom stereocenters. The van der Waals surface area contributed by atoms with E-state index < -0.39 is 48.4 Å². The molecule has 0 fully saturated rings. The molecule has 0 saturated carbocycles. The molecular formula is C23H37N7O5. The van der Waals surface area contributed by atoms with Crippen molar-refractivity contribution in [1.82, 2.24) is 16.0 Å². The smallest absolute Gasteiger partial charge is 0.322 e. The first kappa shape index (κ1) is 29.4. The lowest BCUT2D eigenvalue weighted by atomic mass is 9.96. The van der Waals surface area contributed by atoms with Gasteiger partial charge in [0.2, 0.25) is 17.7 Å². The second-order valence-corrected chi connectivity index (χ2v) is 8.29. The number of nitrogens with zero attached hydrogens (tertiary/aromatic N) is 1. The number of guanidine groups is 1. The number of aliphatic carboxylic acids is 1. The molecule has 194 valence electrons. The minimum Gasteiger partial charge on any atom is -0.480 e. The average molecular weight is 492 g/mol. The van der Waals surface area contributed by atoms with Gasteiger partial charge >= 0.3 is 5.97 Å². The predicted molar refractivity (Wildman–Crippen MR) is 132 cm³/mol. The highest BCUT2D eigenvalue weighted by molar-refractivity contribution is 5.93. The van der Waals surface area contributed by atoms with Crippen LogP contribution in [0.4, 0.5) is 0 Å². The predicted octanol–water partition coefficient (Wildman–Crippen LogP) is -1.17. The monoisotopic (exact) mass is 491 g/mol. The van der Waals surface area contributed by atoms with Crippen molar-refractivity contribution in [2.75, 3.05) is 13.1 Å². The van der Waals surface area contributed by atoms with Gasteiger partial charge in [-0.3, -0.25) is 24.2 Å². The summed E-state index contributed by atoms with van der Waals surface area (Å²) in [5.74, 6) is -3.31. The summed E-state index contributed by atoms with van der Waals surface area (Å²) in [6.07, 6.45) is 1.38. The van der Waals surface area contributed by atoms with Gasteiger partial charge in [-0.05, 0) is 30.7 Å². The maximum atomic E-state index is 13.1. The SMILES string of the molecule is CCC(C)C(NC(=O)C(N)Cc1ccccc1)C(=O)NC(CCCN=C(N)N)C(=O)NCC(=O)O. The number of aliphatic imine (C=N–C) groups is 1. The van der Waals surface area contributed by atoms with Gasteiger partial charge in [0.1, 0.15) is 18.6 Å². The van der Waals surface area contributed by atoms with E-state index in [-0.39, 0.29) is 24.8 Å². The first-order valence-electron chi connectivity index (χ1n) is 11.5. The van der Waals surface area contributed by atoms with Gasteiger partial charge in [0, 0.05) is 6.54 Å². The Hall–Kier alpha value is -3.67. The van der Waals surface area contributed by atoms with E-state index in [0.29, 0.717) is 19.3 Å². The van der Waals surface area contributed by atoms with Gasteiger partial charge in [-0.2, -0.15) is 0 Å². The Labute approximate surface area is 205 Å². The van der Waals surface area contributed by atoms with Crippen LogP contribution in [0.5, 0.6) is 0 Å². The van der Waals surface area contributed by atoms with Gasteiger partial charge in [-0.15, -0.1) is 0 Å². The summed E-state index contributed by atoms with van der Waals surface area (Å²) < 4.78 is 0. The number of benzene rings is 1. The molecule has 12 heteroatoms.